The van der Waals surface area contributed by atoms with Crippen molar-refractivity contribution in [3.63, 3.8) is 0 Å². The van der Waals surface area contributed by atoms with Gasteiger partial charge in [-0.3, -0.25) is 9.59 Å². The zero-order valence-electron chi connectivity index (χ0n) is 36.1. The number of alkyl carbamates (subject to hydrolysis) is 1. The van der Waals surface area contributed by atoms with Gasteiger partial charge in [0, 0.05) is 42.4 Å². The standard InChI is InChI=1S/C43H65N5O9/c1-14-33-43(10)37(45-41(52)57-43)25(4)30(18-19-31-28(7)46-48(29(31)8)34-17-15-16-20-44-34)23(2)22-42(9,53-13)38(26(5)35(49)27(6)39(51)55-33)56-40-36(50)32(47(11)12)21-24(3)54-40/h15-18,20,23-27,32-33,36-38,40,50H,14,19,21-22H2,1-13H3,(H,45,52)/b30-18+/t23-,24-,25+,26+,27-,32+,33-,36-,37+,38-,40?,42-,43-/m1/s1. The molecule has 3 saturated heterocycles. The van der Waals surface area contributed by atoms with Gasteiger partial charge < -0.3 is 39.0 Å². The molecule has 13 atom stereocenters. The highest BCUT2D eigenvalue weighted by Crippen LogP contribution is 2.43. The Morgan fingerprint density at radius 3 is 2.40 bits per heavy atom. The molecule has 3 aliphatic rings. The first-order valence-electron chi connectivity index (χ1n) is 20.4. The van der Waals surface area contributed by atoms with Crippen LogP contribution in [0.4, 0.5) is 4.79 Å². The summed E-state index contributed by atoms with van der Waals surface area (Å²) in [6, 6.07) is 4.86. The lowest BCUT2D eigenvalue weighted by atomic mass is 9.71. The van der Waals surface area contributed by atoms with E-state index in [1.54, 1.807) is 27.2 Å². The van der Waals surface area contributed by atoms with E-state index >= 15 is 0 Å². The summed E-state index contributed by atoms with van der Waals surface area (Å²) in [4.78, 5) is 47.9. The largest absolute Gasteiger partial charge is 0.458 e. The number of amides is 1. The van der Waals surface area contributed by atoms with Gasteiger partial charge in [-0.05, 0) is 99.4 Å². The normalized spacial score (nSPS) is 37.7. The summed E-state index contributed by atoms with van der Waals surface area (Å²) in [7, 11) is 5.39. The van der Waals surface area contributed by atoms with Gasteiger partial charge in [0.05, 0.1) is 29.5 Å². The number of Topliss-reactive ketones (excluding diaryl/α,β-unsaturated/α-hetero) is 1. The third-order valence-corrected chi connectivity index (χ3v) is 12.9. The number of ketones is 1. The number of aromatic nitrogens is 3. The number of likely N-dealkylation sites (N-methyl/N-ethyl adjacent to an activating group) is 1. The molecular weight excluding hydrogens is 730 g/mol. The summed E-state index contributed by atoms with van der Waals surface area (Å²) in [5, 5.41) is 19.5. The van der Waals surface area contributed by atoms with Crippen LogP contribution in [-0.4, -0.2) is 118 Å². The molecule has 5 rings (SSSR count). The van der Waals surface area contributed by atoms with Crippen LogP contribution in [0.25, 0.3) is 5.82 Å². The first-order valence-corrected chi connectivity index (χ1v) is 20.4. The molecule has 57 heavy (non-hydrogen) atoms. The van der Waals surface area contributed by atoms with Gasteiger partial charge in [-0.25, -0.2) is 14.5 Å². The minimum atomic E-state index is -1.25. The Morgan fingerprint density at radius 2 is 1.79 bits per heavy atom. The smallest absolute Gasteiger partial charge is 0.408 e. The number of ether oxygens (including phenoxy) is 5. The van der Waals surface area contributed by atoms with Gasteiger partial charge in [0.2, 0.25) is 0 Å². The van der Waals surface area contributed by atoms with Crippen molar-refractivity contribution in [1.82, 2.24) is 25.0 Å². The molecule has 3 aliphatic heterocycles. The molecule has 14 heteroatoms. The van der Waals surface area contributed by atoms with Crippen LogP contribution in [0.2, 0.25) is 0 Å². The number of nitrogens with zero attached hydrogens (tertiary/aromatic N) is 4. The van der Waals surface area contributed by atoms with Crippen molar-refractivity contribution < 1.29 is 43.2 Å². The third kappa shape index (κ3) is 8.85. The summed E-state index contributed by atoms with van der Waals surface area (Å²) in [5.41, 5.74) is 1.47. The lowest BCUT2D eigenvalue weighted by Crippen LogP contribution is -2.59. The number of pyridine rings is 1. The number of nitrogens with one attached hydrogen (secondary N) is 1. The van der Waals surface area contributed by atoms with E-state index in [1.807, 2.05) is 76.5 Å². The van der Waals surface area contributed by atoms with E-state index in [9.17, 15) is 19.5 Å². The first-order chi connectivity index (χ1) is 26.8. The number of carbonyl (C=O) groups excluding carboxylic acids is 3. The Kier molecular flexibility index (Phi) is 13.8. The zero-order chi connectivity index (χ0) is 42.1. The van der Waals surface area contributed by atoms with E-state index in [-0.39, 0.29) is 24.0 Å². The number of hydrogen-bond donors (Lipinski definition) is 2. The highest BCUT2D eigenvalue weighted by molar-refractivity contribution is 6.00. The maximum absolute atomic E-state index is 14.4. The molecule has 1 amide bonds. The van der Waals surface area contributed by atoms with Crippen molar-refractivity contribution in [3.05, 3.63) is 53.0 Å². The fraction of sp³-hybridized carbons (Fsp3) is 0.698. The lowest BCUT2D eigenvalue weighted by molar-refractivity contribution is -0.295. The third-order valence-electron chi connectivity index (χ3n) is 12.9. The van der Waals surface area contributed by atoms with E-state index in [1.165, 1.54) is 6.92 Å². The van der Waals surface area contributed by atoms with Crippen molar-refractivity contribution in [2.45, 2.75) is 149 Å². The van der Waals surface area contributed by atoms with Gasteiger partial charge in [-0.15, -0.1) is 0 Å². The van der Waals surface area contributed by atoms with Gasteiger partial charge >= 0.3 is 12.1 Å². The van der Waals surface area contributed by atoms with Crippen LogP contribution in [0.15, 0.2) is 36.0 Å². The number of fused-ring (bicyclic) bond motifs is 1. The molecule has 5 heterocycles. The Hall–Kier alpha value is -3.69. The Morgan fingerprint density at radius 1 is 1.09 bits per heavy atom. The van der Waals surface area contributed by atoms with Gasteiger partial charge in [0.25, 0.3) is 0 Å². The second kappa shape index (κ2) is 17.7. The predicted octanol–water partition coefficient (Wildman–Crippen LogP) is 5.28. The molecule has 0 saturated carbocycles. The van der Waals surface area contributed by atoms with Crippen LogP contribution in [0.3, 0.4) is 0 Å². The number of cyclic esters (lactones) is 1. The van der Waals surface area contributed by atoms with Crippen LogP contribution >= 0.6 is 0 Å². The van der Waals surface area contributed by atoms with Crippen molar-refractivity contribution in [2.75, 3.05) is 21.2 Å². The summed E-state index contributed by atoms with van der Waals surface area (Å²) in [6.45, 7) is 18.9. The zero-order valence-corrected chi connectivity index (χ0v) is 36.1. The van der Waals surface area contributed by atoms with Crippen LogP contribution < -0.4 is 5.32 Å². The van der Waals surface area contributed by atoms with Gasteiger partial charge in [-0.2, -0.15) is 5.10 Å². The SMILES string of the molecule is CC[C@H]1OC(=O)[C@H](C)C(=O)[C@H](C)[C@@H](OC2O[C@H](C)C[C@H](N(C)C)[C@H]2O)[C@](C)(OC)C[C@@H](C)/C(=C\Cc2c(C)nn(-c3ccccn3)c2C)[C@H](C)[C@@H]2NC(=O)O[C@]12C. The number of rotatable bonds is 8. The second-order valence-electron chi connectivity index (χ2n) is 17.1. The fourth-order valence-electron chi connectivity index (χ4n) is 9.51. The molecule has 1 unspecified atom stereocenters. The summed E-state index contributed by atoms with van der Waals surface area (Å²) in [6.07, 6.45) is 1.04. The van der Waals surface area contributed by atoms with Crippen molar-refractivity contribution in [2.24, 2.45) is 23.7 Å². The lowest BCUT2D eigenvalue weighted by Gasteiger charge is -2.47. The number of carbonyl (C=O) groups is 3. The number of aliphatic hydroxyl groups is 1. The number of esters is 1. The summed E-state index contributed by atoms with van der Waals surface area (Å²) >= 11 is 0. The predicted molar refractivity (Wildman–Crippen MR) is 214 cm³/mol. The molecule has 316 valence electrons. The Bertz CT molecular complexity index is 1780. The molecular formula is C43H65N5O9. The minimum absolute atomic E-state index is 0.208. The number of allylic oxidation sites excluding steroid dienone is 1. The monoisotopic (exact) mass is 795 g/mol. The molecule has 3 fully saturated rings. The van der Waals surface area contributed by atoms with Gasteiger partial charge in [0.1, 0.15) is 18.1 Å². The van der Waals surface area contributed by atoms with Crippen molar-refractivity contribution in [3.8, 4) is 5.82 Å². The number of aliphatic hydroxyl groups excluding tert-OH is 1. The van der Waals surface area contributed by atoms with E-state index in [2.05, 4.69) is 30.2 Å². The first kappa shape index (κ1) is 44.4. The van der Waals surface area contributed by atoms with E-state index in [0.29, 0.717) is 25.7 Å². The second-order valence-corrected chi connectivity index (χ2v) is 17.1. The van der Waals surface area contributed by atoms with E-state index in [4.69, 9.17) is 28.8 Å². The Balaban J connectivity index is 1.64. The maximum Gasteiger partial charge on any atom is 0.408 e. The quantitative estimate of drug-likeness (QED) is 0.202. The number of hydrogen-bond acceptors (Lipinski definition) is 12. The number of methoxy groups -OCH3 is 1. The van der Waals surface area contributed by atoms with Crippen LogP contribution in [0.1, 0.15) is 91.6 Å². The van der Waals surface area contributed by atoms with Crippen LogP contribution in [0.5, 0.6) is 0 Å². The molecule has 2 N–H and O–H groups in total. The molecule has 14 nitrogen and oxygen atoms in total. The topological polar surface area (TPSA) is 164 Å². The van der Waals surface area contributed by atoms with E-state index < -0.39 is 71.5 Å². The van der Waals surface area contributed by atoms with Gasteiger partial charge in [0.15, 0.2) is 23.5 Å². The average molecular weight is 796 g/mol. The molecule has 0 spiro atoms. The van der Waals surface area contributed by atoms with Crippen molar-refractivity contribution in [1.29, 1.82) is 0 Å². The van der Waals surface area contributed by atoms with Crippen LogP contribution in [-0.2, 0) is 39.7 Å². The molecule has 2 aromatic heterocycles. The average Bonchev–Trinajstić information content (AvgIpc) is 3.65. The molecule has 0 aromatic carbocycles. The highest BCUT2D eigenvalue weighted by Gasteiger charge is 2.56. The minimum Gasteiger partial charge on any atom is -0.458 e. The highest BCUT2D eigenvalue weighted by atomic mass is 16.7. The summed E-state index contributed by atoms with van der Waals surface area (Å²) < 4.78 is 33.4. The fourth-order valence-corrected chi connectivity index (χ4v) is 9.51. The summed E-state index contributed by atoms with van der Waals surface area (Å²) in [5.74, 6) is -3.00. The molecule has 0 bridgehead atoms. The van der Waals surface area contributed by atoms with Gasteiger partial charge in [-0.1, -0.05) is 45.4 Å². The maximum atomic E-state index is 14.4. The Labute approximate surface area is 338 Å². The van der Waals surface area contributed by atoms with Crippen LogP contribution in [0, 0.1) is 37.5 Å². The van der Waals surface area contributed by atoms with Crippen molar-refractivity contribution >= 4 is 17.8 Å². The molecule has 2 aromatic rings. The van der Waals surface area contributed by atoms with E-state index in [0.717, 1.165) is 28.3 Å². The molecule has 0 radical (unpaired) electrons. The number of aryl methyl sites for hydroxylation is 1. The molecule has 0 aliphatic carbocycles.